The highest BCUT2D eigenvalue weighted by Crippen LogP contribution is 2.28. The molecule has 1 fully saturated rings. The lowest BCUT2D eigenvalue weighted by Gasteiger charge is -2.27. The summed E-state index contributed by atoms with van der Waals surface area (Å²) in [6, 6.07) is 6.42. The lowest BCUT2D eigenvalue weighted by molar-refractivity contribution is 0.292. The van der Waals surface area contributed by atoms with Crippen molar-refractivity contribution in [2.24, 2.45) is 5.92 Å². The Morgan fingerprint density at radius 1 is 1.50 bits per heavy atom. The number of rotatable bonds is 4. The average Bonchev–Trinajstić information content (AvgIpc) is 2.14. The van der Waals surface area contributed by atoms with Crippen molar-refractivity contribution in [3.8, 4) is 0 Å². The van der Waals surface area contributed by atoms with E-state index < -0.39 is 0 Å². The van der Waals surface area contributed by atoms with Crippen LogP contribution in [0.15, 0.2) is 22.7 Å². The minimum Gasteiger partial charge on any atom is -0.310 e. The molecule has 1 aromatic rings. The molecule has 1 saturated carbocycles. The third-order valence-corrected chi connectivity index (χ3v) is 4.19. The highest BCUT2D eigenvalue weighted by molar-refractivity contribution is 9.10. The van der Waals surface area contributed by atoms with Gasteiger partial charge in [-0.05, 0) is 49.9 Å². The fraction of sp³-hybridized carbons (Fsp3) is 0.538. The van der Waals surface area contributed by atoms with Gasteiger partial charge >= 0.3 is 0 Å². The number of benzene rings is 1. The average molecular weight is 303 g/mol. The minimum absolute atomic E-state index is 0.334. The van der Waals surface area contributed by atoms with E-state index in [2.05, 4.69) is 34.2 Å². The van der Waals surface area contributed by atoms with Gasteiger partial charge in [0.2, 0.25) is 0 Å². The molecule has 1 atom stereocenters. The van der Waals surface area contributed by atoms with Crippen LogP contribution in [0, 0.1) is 5.92 Å². The van der Waals surface area contributed by atoms with Crippen LogP contribution in [0.2, 0.25) is 5.02 Å². The number of hydrogen-bond acceptors (Lipinski definition) is 1. The molecule has 1 aliphatic rings. The van der Waals surface area contributed by atoms with Gasteiger partial charge in [-0.3, -0.25) is 0 Å². The largest absolute Gasteiger partial charge is 0.310 e. The number of nitrogens with one attached hydrogen (secondary N) is 1. The first-order chi connectivity index (χ1) is 7.66. The quantitative estimate of drug-likeness (QED) is 0.860. The van der Waals surface area contributed by atoms with Crippen molar-refractivity contribution in [2.45, 2.75) is 32.2 Å². The maximum Gasteiger partial charge on any atom is 0.0464 e. The van der Waals surface area contributed by atoms with Crippen LogP contribution in [-0.2, 0) is 0 Å². The topological polar surface area (TPSA) is 12.0 Å². The molecule has 1 nitrogen and oxygen atoms in total. The summed E-state index contributed by atoms with van der Waals surface area (Å²) >= 11 is 9.64. The summed E-state index contributed by atoms with van der Waals surface area (Å²) in [6.45, 7) is 3.29. The van der Waals surface area contributed by atoms with Gasteiger partial charge in [0.15, 0.2) is 0 Å². The molecule has 1 N–H and O–H groups in total. The third-order valence-electron chi connectivity index (χ3n) is 3.37. The fourth-order valence-corrected chi connectivity index (χ4v) is 2.84. The molecule has 0 spiro atoms. The first-order valence-corrected chi connectivity index (χ1v) is 7.02. The molecule has 3 heteroatoms. The predicted molar refractivity (Wildman–Crippen MR) is 72.9 cm³/mol. The zero-order valence-electron chi connectivity index (χ0n) is 9.47. The molecule has 0 aromatic heterocycles. The van der Waals surface area contributed by atoms with Crippen LogP contribution >= 0.6 is 27.5 Å². The van der Waals surface area contributed by atoms with Crippen LogP contribution in [0.25, 0.3) is 0 Å². The standard InChI is InChI=1S/C13H17BrClN/c1-9(16-8-10-3-2-4-10)12-6-5-11(14)7-13(12)15/h5-7,9-10,16H,2-4,8H2,1H3. The maximum absolute atomic E-state index is 6.22. The van der Waals surface area contributed by atoms with E-state index in [9.17, 15) is 0 Å². The van der Waals surface area contributed by atoms with E-state index in [1.54, 1.807) is 0 Å². The van der Waals surface area contributed by atoms with Crippen LogP contribution in [0.1, 0.15) is 37.8 Å². The van der Waals surface area contributed by atoms with Gasteiger partial charge in [-0.25, -0.2) is 0 Å². The first-order valence-electron chi connectivity index (χ1n) is 5.85. The van der Waals surface area contributed by atoms with E-state index in [0.717, 1.165) is 22.0 Å². The molecule has 88 valence electrons. The molecule has 0 aliphatic heterocycles. The minimum atomic E-state index is 0.334. The molecule has 0 saturated heterocycles. The summed E-state index contributed by atoms with van der Waals surface area (Å²) in [6.07, 6.45) is 4.17. The Labute approximate surface area is 111 Å². The zero-order valence-corrected chi connectivity index (χ0v) is 11.8. The van der Waals surface area contributed by atoms with Crippen molar-refractivity contribution in [3.63, 3.8) is 0 Å². The van der Waals surface area contributed by atoms with Crippen molar-refractivity contribution >= 4 is 27.5 Å². The lowest BCUT2D eigenvalue weighted by Crippen LogP contribution is -2.29. The summed E-state index contributed by atoms with van der Waals surface area (Å²) in [5.41, 5.74) is 1.18. The molecule has 2 rings (SSSR count). The Hall–Kier alpha value is -0.0500. The van der Waals surface area contributed by atoms with E-state index in [-0.39, 0.29) is 0 Å². The molecule has 1 aromatic carbocycles. The van der Waals surface area contributed by atoms with Crippen molar-refractivity contribution in [1.82, 2.24) is 5.32 Å². The van der Waals surface area contributed by atoms with Crippen LogP contribution < -0.4 is 5.32 Å². The van der Waals surface area contributed by atoms with Crippen LogP contribution in [-0.4, -0.2) is 6.54 Å². The second kappa shape index (κ2) is 5.52. The third kappa shape index (κ3) is 2.99. The Balaban J connectivity index is 1.93. The summed E-state index contributed by atoms with van der Waals surface area (Å²) in [4.78, 5) is 0. The predicted octanol–water partition coefficient (Wildman–Crippen LogP) is 4.55. The first kappa shape index (κ1) is 12.4. The second-order valence-electron chi connectivity index (χ2n) is 4.59. The van der Waals surface area contributed by atoms with Gasteiger partial charge in [-0.15, -0.1) is 0 Å². The Morgan fingerprint density at radius 3 is 2.81 bits per heavy atom. The zero-order chi connectivity index (χ0) is 11.5. The van der Waals surface area contributed by atoms with Crippen LogP contribution in [0.4, 0.5) is 0 Å². The molecule has 16 heavy (non-hydrogen) atoms. The molecule has 0 amide bonds. The smallest absolute Gasteiger partial charge is 0.0464 e. The fourth-order valence-electron chi connectivity index (χ4n) is 2.00. The number of hydrogen-bond donors (Lipinski definition) is 1. The number of halogens is 2. The van der Waals surface area contributed by atoms with Crippen LogP contribution in [0.5, 0.6) is 0 Å². The van der Waals surface area contributed by atoms with Crippen LogP contribution in [0.3, 0.4) is 0 Å². The van der Waals surface area contributed by atoms with E-state index in [1.165, 1.54) is 24.8 Å². The van der Waals surface area contributed by atoms with E-state index in [4.69, 9.17) is 11.6 Å². The summed E-state index contributed by atoms with van der Waals surface area (Å²) in [5, 5.41) is 4.40. The van der Waals surface area contributed by atoms with Gasteiger partial charge in [0.1, 0.15) is 0 Å². The molecule has 1 aliphatic carbocycles. The van der Waals surface area contributed by atoms with Gasteiger partial charge in [0, 0.05) is 15.5 Å². The van der Waals surface area contributed by atoms with E-state index in [1.807, 2.05) is 12.1 Å². The van der Waals surface area contributed by atoms with Gasteiger partial charge < -0.3 is 5.32 Å². The van der Waals surface area contributed by atoms with Crippen molar-refractivity contribution < 1.29 is 0 Å². The highest BCUT2D eigenvalue weighted by Gasteiger charge is 2.18. The maximum atomic E-state index is 6.22. The molecule has 1 unspecified atom stereocenters. The Bertz CT molecular complexity index is 363. The van der Waals surface area contributed by atoms with Gasteiger partial charge in [0.05, 0.1) is 0 Å². The van der Waals surface area contributed by atoms with Crippen molar-refractivity contribution in [1.29, 1.82) is 0 Å². The van der Waals surface area contributed by atoms with Crippen molar-refractivity contribution in [2.75, 3.05) is 6.54 Å². The summed E-state index contributed by atoms with van der Waals surface area (Å²) in [7, 11) is 0. The lowest BCUT2D eigenvalue weighted by atomic mass is 9.85. The summed E-state index contributed by atoms with van der Waals surface area (Å²) < 4.78 is 1.03. The second-order valence-corrected chi connectivity index (χ2v) is 5.92. The summed E-state index contributed by atoms with van der Waals surface area (Å²) in [5.74, 6) is 0.886. The Kier molecular flexibility index (Phi) is 4.28. The molecule has 0 bridgehead atoms. The molecule has 0 radical (unpaired) electrons. The van der Waals surface area contributed by atoms with Crippen molar-refractivity contribution in [3.05, 3.63) is 33.3 Å². The SMILES string of the molecule is CC(NCC1CCC1)c1ccc(Br)cc1Cl. The highest BCUT2D eigenvalue weighted by atomic mass is 79.9. The Morgan fingerprint density at radius 2 is 2.25 bits per heavy atom. The van der Waals surface area contributed by atoms with E-state index in [0.29, 0.717) is 6.04 Å². The van der Waals surface area contributed by atoms with Gasteiger partial charge in [0.25, 0.3) is 0 Å². The van der Waals surface area contributed by atoms with Gasteiger partial charge in [-0.2, -0.15) is 0 Å². The molecular formula is C13H17BrClN. The molecular weight excluding hydrogens is 286 g/mol. The van der Waals surface area contributed by atoms with Gasteiger partial charge in [-0.1, -0.05) is 40.0 Å². The molecule has 0 heterocycles. The van der Waals surface area contributed by atoms with E-state index >= 15 is 0 Å². The normalized spacial score (nSPS) is 18.2. The monoisotopic (exact) mass is 301 g/mol.